The van der Waals surface area contributed by atoms with Gasteiger partial charge in [0.05, 0.1) is 11.7 Å². The Balaban J connectivity index is 1.98. The van der Waals surface area contributed by atoms with Crippen LogP contribution in [-0.4, -0.2) is 6.03 Å². The van der Waals surface area contributed by atoms with Gasteiger partial charge in [0, 0.05) is 5.02 Å². The lowest BCUT2D eigenvalue weighted by Gasteiger charge is -2.15. The zero-order valence-electron chi connectivity index (χ0n) is 10.9. The Bertz CT molecular complexity index is 601. The minimum atomic E-state index is -0.471. The molecule has 0 radical (unpaired) electrons. The smallest absolute Gasteiger partial charge is 0.319 e. The molecule has 0 fully saturated rings. The quantitative estimate of drug-likeness (QED) is 0.867. The van der Waals surface area contributed by atoms with Crippen molar-refractivity contribution in [3.05, 3.63) is 64.9 Å². The van der Waals surface area contributed by atoms with E-state index in [1.165, 1.54) is 12.1 Å². The van der Waals surface area contributed by atoms with Crippen LogP contribution in [0.1, 0.15) is 18.5 Å². The molecule has 1 atom stereocenters. The van der Waals surface area contributed by atoms with E-state index < -0.39 is 11.8 Å². The minimum Gasteiger partial charge on any atom is -0.331 e. The molecular weight excluding hydrogens is 279 g/mol. The number of amides is 2. The van der Waals surface area contributed by atoms with Gasteiger partial charge in [0.2, 0.25) is 0 Å². The van der Waals surface area contributed by atoms with E-state index in [2.05, 4.69) is 10.6 Å². The molecule has 0 heterocycles. The van der Waals surface area contributed by atoms with Crippen molar-refractivity contribution < 1.29 is 9.18 Å². The number of hydrogen-bond acceptors (Lipinski definition) is 1. The Labute approximate surface area is 121 Å². The highest BCUT2D eigenvalue weighted by Gasteiger charge is 2.10. The molecule has 2 aromatic carbocycles. The van der Waals surface area contributed by atoms with Crippen LogP contribution in [-0.2, 0) is 0 Å². The van der Waals surface area contributed by atoms with Crippen LogP contribution in [0, 0.1) is 5.82 Å². The van der Waals surface area contributed by atoms with Crippen LogP contribution < -0.4 is 10.6 Å². The molecule has 2 aromatic rings. The molecule has 0 aliphatic heterocycles. The van der Waals surface area contributed by atoms with Crippen LogP contribution in [0.4, 0.5) is 14.9 Å². The van der Waals surface area contributed by atoms with E-state index in [1.54, 1.807) is 24.3 Å². The summed E-state index contributed by atoms with van der Waals surface area (Å²) in [7, 11) is 0. The lowest BCUT2D eigenvalue weighted by atomic mass is 10.1. The van der Waals surface area contributed by atoms with Crippen molar-refractivity contribution >= 4 is 23.3 Å². The summed E-state index contributed by atoms with van der Waals surface area (Å²) in [6, 6.07) is 12.5. The molecule has 20 heavy (non-hydrogen) atoms. The summed E-state index contributed by atoms with van der Waals surface area (Å²) < 4.78 is 13.4. The molecule has 0 spiro atoms. The molecule has 5 heteroatoms. The summed E-state index contributed by atoms with van der Waals surface area (Å²) in [5.41, 5.74) is 1.06. The fourth-order valence-electron chi connectivity index (χ4n) is 1.75. The predicted molar refractivity (Wildman–Crippen MR) is 78.4 cm³/mol. The predicted octanol–water partition coefficient (Wildman–Crippen LogP) is 4.36. The molecule has 2 N–H and O–H groups in total. The van der Waals surface area contributed by atoms with E-state index in [1.807, 2.05) is 19.1 Å². The summed E-state index contributed by atoms with van der Waals surface area (Å²) in [6.45, 7) is 1.84. The summed E-state index contributed by atoms with van der Waals surface area (Å²) in [5, 5.41) is 5.84. The Morgan fingerprint density at radius 2 is 1.80 bits per heavy atom. The van der Waals surface area contributed by atoms with Crippen molar-refractivity contribution in [3.8, 4) is 0 Å². The van der Waals surface area contributed by atoms with Gasteiger partial charge in [-0.25, -0.2) is 9.18 Å². The van der Waals surface area contributed by atoms with Gasteiger partial charge in [-0.2, -0.15) is 0 Å². The van der Waals surface area contributed by atoms with Crippen molar-refractivity contribution in [3.63, 3.8) is 0 Å². The number of anilines is 1. The number of para-hydroxylation sites is 1. The van der Waals surface area contributed by atoms with E-state index >= 15 is 0 Å². The molecule has 0 aliphatic carbocycles. The molecule has 0 aromatic heterocycles. The SMILES string of the molecule is CC(NC(=O)Nc1ccccc1F)c1ccc(Cl)cc1. The Hall–Kier alpha value is -2.07. The second kappa shape index (κ2) is 6.39. The van der Waals surface area contributed by atoms with Crippen LogP contribution in [0.5, 0.6) is 0 Å². The summed E-state index contributed by atoms with van der Waals surface area (Å²) in [5.74, 6) is -0.471. The number of nitrogens with one attached hydrogen (secondary N) is 2. The molecule has 0 saturated carbocycles. The van der Waals surface area contributed by atoms with E-state index in [-0.39, 0.29) is 11.7 Å². The summed E-state index contributed by atoms with van der Waals surface area (Å²) >= 11 is 5.81. The highest BCUT2D eigenvalue weighted by molar-refractivity contribution is 6.30. The average Bonchev–Trinajstić information content (AvgIpc) is 2.42. The van der Waals surface area contributed by atoms with Gasteiger partial charge in [0.1, 0.15) is 5.82 Å². The van der Waals surface area contributed by atoms with Crippen molar-refractivity contribution in [1.29, 1.82) is 0 Å². The summed E-state index contributed by atoms with van der Waals surface area (Å²) in [4.78, 5) is 11.8. The van der Waals surface area contributed by atoms with Crippen LogP contribution in [0.15, 0.2) is 48.5 Å². The first-order valence-electron chi connectivity index (χ1n) is 6.14. The number of urea groups is 1. The Morgan fingerprint density at radius 1 is 1.15 bits per heavy atom. The highest BCUT2D eigenvalue weighted by Crippen LogP contribution is 2.17. The van der Waals surface area contributed by atoms with E-state index in [4.69, 9.17) is 11.6 Å². The first-order chi connectivity index (χ1) is 9.56. The maximum atomic E-state index is 13.4. The third kappa shape index (κ3) is 3.71. The average molecular weight is 293 g/mol. The van der Waals surface area contributed by atoms with Gasteiger partial charge in [-0.3, -0.25) is 0 Å². The first kappa shape index (κ1) is 14.3. The van der Waals surface area contributed by atoms with Gasteiger partial charge in [-0.1, -0.05) is 35.9 Å². The van der Waals surface area contributed by atoms with Crippen molar-refractivity contribution in [2.75, 3.05) is 5.32 Å². The number of hydrogen-bond donors (Lipinski definition) is 2. The Kier molecular flexibility index (Phi) is 4.58. The molecular formula is C15H14ClFN2O. The maximum Gasteiger partial charge on any atom is 0.319 e. The third-order valence-electron chi connectivity index (χ3n) is 2.84. The minimum absolute atomic E-state index is 0.147. The van der Waals surface area contributed by atoms with E-state index in [0.29, 0.717) is 5.02 Å². The molecule has 104 valence electrons. The zero-order chi connectivity index (χ0) is 14.5. The number of carbonyl (C=O) groups excluding carboxylic acids is 1. The van der Waals surface area contributed by atoms with Gasteiger partial charge >= 0.3 is 6.03 Å². The maximum absolute atomic E-state index is 13.4. The van der Waals surface area contributed by atoms with Crippen LogP contribution in [0.25, 0.3) is 0 Å². The van der Waals surface area contributed by atoms with Crippen molar-refractivity contribution in [2.45, 2.75) is 13.0 Å². The van der Waals surface area contributed by atoms with Gasteiger partial charge in [-0.15, -0.1) is 0 Å². The highest BCUT2D eigenvalue weighted by atomic mass is 35.5. The number of benzene rings is 2. The largest absolute Gasteiger partial charge is 0.331 e. The second-order valence-corrected chi connectivity index (χ2v) is 4.79. The van der Waals surface area contributed by atoms with Crippen molar-refractivity contribution in [2.24, 2.45) is 0 Å². The lowest BCUT2D eigenvalue weighted by Crippen LogP contribution is -2.31. The summed E-state index contributed by atoms with van der Waals surface area (Å²) in [6.07, 6.45) is 0. The first-order valence-corrected chi connectivity index (χ1v) is 6.51. The molecule has 2 rings (SSSR count). The molecule has 0 aliphatic rings. The second-order valence-electron chi connectivity index (χ2n) is 4.35. The van der Waals surface area contributed by atoms with Gasteiger partial charge in [0.15, 0.2) is 0 Å². The van der Waals surface area contributed by atoms with Gasteiger partial charge in [-0.05, 0) is 36.8 Å². The van der Waals surface area contributed by atoms with Gasteiger partial charge in [0.25, 0.3) is 0 Å². The van der Waals surface area contributed by atoms with Crippen molar-refractivity contribution in [1.82, 2.24) is 5.32 Å². The number of halogens is 2. The fourth-order valence-corrected chi connectivity index (χ4v) is 1.88. The molecule has 1 unspecified atom stereocenters. The molecule has 0 bridgehead atoms. The number of carbonyl (C=O) groups is 1. The molecule has 0 saturated heterocycles. The van der Waals surface area contributed by atoms with Crippen LogP contribution in [0.2, 0.25) is 5.02 Å². The third-order valence-corrected chi connectivity index (χ3v) is 3.09. The monoisotopic (exact) mass is 292 g/mol. The van der Waals surface area contributed by atoms with Gasteiger partial charge < -0.3 is 10.6 Å². The fraction of sp³-hybridized carbons (Fsp3) is 0.133. The van der Waals surface area contributed by atoms with Crippen LogP contribution in [0.3, 0.4) is 0 Å². The Morgan fingerprint density at radius 3 is 2.45 bits per heavy atom. The molecule has 3 nitrogen and oxygen atoms in total. The van der Waals surface area contributed by atoms with E-state index in [9.17, 15) is 9.18 Å². The standard InChI is InChI=1S/C15H14ClFN2O/c1-10(11-6-8-12(16)9-7-11)18-15(20)19-14-5-3-2-4-13(14)17/h2-10H,1H3,(H2,18,19,20). The lowest BCUT2D eigenvalue weighted by molar-refractivity contribution is 0.249. The van der Waals surface area contributed by atoms with E-state index in [0.717, 1.165) is 5.56 Å². The van der Waals surface area contributed by atoms with Crippen LogP contribution >= 0.6 is 11.6 Å². The molecule has 2 amide bonds. The number of rotatable bonds is 3. The zero-order valence-corrected chi connectivity index (χ0v) is 11.6. The normalized spacial score (nSPS) is 11.8. The topological polar surface area (TPSA) is 41.1 Å².